The summed E-state index contributed by atoms with van der Waals surface area (Å²) >= 11 is 3.44. The van der Waals surface area contributed by atoms with Crippen molar-refractivity contribution in [3.8, 4) is 6.07 Å². The summed E-state index contributed by atoms with van der Waals surface area (Å²) in [6, 6.07) is 15.1. The molecule has 0 spiro atoms. The molecule has 2 aromatic rings. The van der Waals surface area contributed by atoms with Crippen molar-refractivity contribution >= 4 is 33.2 Å². The monoisotopic (exact) mass is 343 g/mol. The van der Waals surface area contributed by atoms with Gasteiger partial charge in [-0.15, -0.1) is 0 Å². The normalized spacial score (nSPS) is 9.76. The average molecular weight is 344 g/mol. The zero-order valence-corrected chi connectivity index (χ0v) is 13.1. The van der Waals surface area contributed by atoms with Crippen LogP contribution in [0.1, 0.15) is 18.1 Å². The molecule has 0 fully saturated rings. The second kappa shape index (κ2) is 6.91. The minimum Gasteiger partial charge on any atom is -0.380 e. The van der Waals surface area contributed by atoms with Gasteiger partial charge in [0, 0.05) is 29.3 Å². The second-order valence-corrected chi connectivity index (χ2v) is 5.35. The van der Waals surface area contributed by atoms with Gasteiger partial charge in [-0.1, -0.05) is 18.2 Å². The molecule has 0 atom stereocenters. The molecule has 21 heavy (non-hydrogen) atoms. The van der Waals surface area contributed by atoms with Crippen LogP contribution in [0.5, 0.6) is 0 Å². The van der Waals surface area contributed by atoms with Gasteiger partial charge in [0.15, 0.2) is 0 Å². The smallest absolute Gasteiger partial charge is 0.221 e. The molecule has 0 aromatic heterocycles. The molecule has 0 saturated carbocycles. The number of nitrogens with one attached hydrogen (secondary N) is 2. The second-order valence-electron chi connectivity index (χ2n) is 4.50. The Morgan fingerprint density at radius 1 is 1.24 bits per heavy atom. The van der Waals surface area contributed by atoms with Crippen LogP contribution in [-0.2, 0) is 11.3 Å². The Morgan fingerprint density at radius 2 is 2.00 bits per heavy atom. The topological polar surface area (TPSA) is 64.9 Å². The highest BCUT2D eigenvalue weighted by Gasteiger charge is 2.05. The third kappa shape index (κ3) is 4.07. The van der Waals surface area contributed by atoms with Gasteiger partial charge in [0.2, 0.25) is 5.91 Å². The molecule has 1 amide bonds. The maximum absolute atomic E-state index is 11.2. The Hall–Kier alpha value is -2.32. The molecule has 0 aliphatic heterocycles. The van der Waals surface area contributed by atoms with Crippen LogP contribution in [0.15, 0.2) is 46.9 Å². The lowest BCUT2D eigenvalue weighted by Crippen LogP contribution is -2.10. The third-order valence-electron chi connectivity index (χ3n) is 2.90. The molecule has 0 aliphatic rings. The third-order valence-corrected chi connectivity index (χ3v) is 3.55. The summed E-state index contributed by atoms with van der Waals surface area (Å²) in [5.74, 6) is -0.0954. The number of carbonyl (C=O) groups excluding carboxylic acids is 1. The zero-order chi connectivity index (χ0) is 15.2. The lowest BCUT2D eigenvalue weighted by atomic mass is 10.1. The van der Waals surface area contributed by atoms with Crippen molar-refractivity contribution in [1.29, 1.82) is 5.26 Å². The number of amides is 1. The molecule has 5 heteroatoms. The van der Waals surface area contributed by atoms with Crippen molar-refractivity contribution in [3.05, 3.63) is 58.1 Å². The van der Waals surface area contributed by atoms with Gasteiger partial charge in [-0.05, 0) is 45.8 Å². The van der Waals surface area contributed by atoms with Crippen molar-refractivity contribution in [2.45, 2.75) is 13.5 Å². The molecule has 0 heterocycles. The predicted molar refractivity (Wildman–Crippen MR) is 86.9 cm³/mol. The Kier molecular flexibility index (Phi) is 4.96. The summed E-state index contributed by atoms with van der Waals surface area (Å²) < 4.78 is 0.832. The van der Waals surface area contributed by atoms with E-state index in [0.717, 1.165) is 21.4 Å². The van der Waals surface area contributed by atoms with Crippen molar-refractivity contribution in [2.24, 2.45) is 0 Å². The number of para-hydroxylation sites is 1. The van der Waals surface area contributed by atoms with Crippen LogP contribution in [0, 0.1) is 11.3 Å². The Morgan fingerprint density at radius 3 is 2.67 bits per heavy atom. The lowest BCUT2D eigenvalue weighted by molar-refractivity contribution is -0.114. The van der Waals surface area contributed by atoms with Crippen LogP contribution < -0.4 is 10.6 Å². The Bertz CT molecular complexity index is 707. The van der Waals surface area contributed by atoms with Gasteiger partial charge >= 0.3 is 0 Å². The van der Waals surface area contributed by atoms with E-state index < -0.39 is 0 Å². The van der Waals surface area contributed by atoms with E-state index in [0.29, 0.717) is 12.1 Å². The fourth-order valence-electron chi connectivity index (χ4n) is 1.90. The number of anilines is 2. The van der Waals surface area contributed by atoms with E-state index in [-0.39, 0.29) is 5.91 Å². The summed E-state index contributed by atoms with van der Waals surface area (Å²) in [4.78, 5) is 11.2. The van der Waals surface area contributed by atoms with E-state index in [1.165, 1.54) is 6.92 Å². The van der Waals surface area contributed by atoms with E-state index in [2.05, 4.69) is 32.6 Å². The molecular weight excluding hydrogens is 330 g/mol. The summed E-state index contributed by atoms with van der Waals surface area (Å²) in [7, 11) is 0. The highest BCUT2D eigenvalue weighted by Crippen LogP contribution is 2.25. The first-order chi connectivity index (χ1) is 10.1. The minimum atomic E-state index is -0.0954. The first-order valence-electron chi connectivity index (χ1n) is 6.39. The summed E-state index contributed by atoms with van der Waals surface area (Å²) in [5.41, 5.74) is 3.28. The van der Waals surface area contributed by atoms with Crippen LogP contribution in [0.2, 0.25) is 0 Å². The number of halogens is 1. The van der Waals surface area contributed by atoms with Gasteiger partial charge in [-0.25, -0.2) is 0 Å². The van der Waals surface area contributed by atoms with Crippen LogP contribution in [0.4, 0.5) is 11.4 Å². The molecule has 2 aromatic carbocycles. The number of nitriles is 1. The number of hydrogen-bond donors (Lipinski definition) is 2. The summed E-state index contributed by atoms with van der Waals surface area (Å²) in [5, 5.41) is 14.9. The van der Waals surface area contributed by atoms with Gasteiger partial charge in [0.05, 0.1) is 11.6 Å². The van der Waals surface area contributed by atoms with Crippen LogP contribution in [-0.4, -0.2) is 5.91 Å². The fourth-order valence-corrected chi connectivity index (χ4v) is 2.42. The van der Waals surface area contributed by atoms with Gasteiger partial charge in [0.1, 0.15) is 0 Å². The summed E-state index contributed by atoms with van der Waals surface area (Å²) in [6.45, 7) is 2.06. The molecule has 106 valence electrons. The molecule has 0 radical (unpaired) electrons. The number of nitrogens with zero attached hydrogens (tertiary/aromatic N) is 1. The van der Waals surface area contributed by atoms with Crippen molar-refractivity contribution in [1.82, 2.24) is 0 Å². The minimum absolute atomic E-state index is 0.0954. The highest BCUT2D eigenvalue weighted by atomic mass is 79.9. The van der Waals surface area contributed by atoms with E-state index in [1.54, 1.807) is 12.1 Å². The standard InChI is InChI=1S/C16H14BrN3O/c1-11(21)20-15-5-3-2-4-13(15)10-19-16-7-6-12(9-18)8-14(16)17/h2-8,19H,10H2,1H3,(H,20,21). The van der Waals surface area contributed by atoms with Crippen molar-refractivity contribution in [3.63, 3.8) is 0 Å². The van der Waals surface area contributed by atoms with Gasteiger partial charge < -0.3 is 10.6 Å². The SMILES string of the molecule is CC(=O)Nc1ccccc1CNc1ccc(C#N)cc1Br. The molecular formula is C16H14BrN3O. The molecule has 0 bridgehead atoms. The average Bonchev–Trinajstić information content (AvgIpc) is 2.46. The van der Waals surface area contributed by atoms with E-state index in [9.17, 15) is 4.79 Å². The largest absolute Gasteiger partial charge is 0.380 e. The lowest BCUT2D eigenvalue weighted by Gasteiger charge is -2.12. The maximum atomic E-state index is 11.2. The molecule has 0 saturated heterocycles. The van der Waals surface area contributed by atoms with Gasteiger partial charge in [-0.2, -0.15) is 5.26 Å². The van der Waals surface area contributed by atoms with Gasteiger partial charge in [0.25, 0.3) is 0 Å². The molecule has 0 unspecified atom stereocenters. The first kappa shape index (κ1) is 15.1. The predicted octanol–water partition coefficient (Wildman–Crippen LogP) is 3.89. The van der Waals surface area contributed by atoms with Crippen LogP contribution in [0.25, 0.3) is 0 Å². The molecule has 2 N–H and O–H groups in total. The molecule has 4 nitrogen and oxygen atoms in total. The van der Waals surface area contributed by atoms with Crippen LogP contribution >= 0.6 is 15.9 Å². The number of benzene rings is 2. The number of hydrogen-bond acceptors (Lipinski definition) is 3. The van der Waals surface area contributed by atoms with Crippen molar-refractivity contribution in [2.75, 3.05) is 10.6 Å². The van der Waals surface area contributed by atoms with Crippen LogP contribution in [0.3, 0.4) is 0 Å². The molecule has 2 rings (SSSR count). The van der Waals surface area contributed by atoms with Gasteiger partial charge in [-0.3, -0.25) is 4.79 Å². The summed E-state index contributed by atoms with van der Waals surface area (Å²) in [6.07, 6.45) is 0. The van der Waals surface area contributed by atoms with E-state index in [1.807, 2.05) is 30.3 Å². The van der Waals surface area contributed by atoms with E-state index >= 15 is 0 Å². The Labute approximate surface area is 131 Å². The number of rotatable bonds is 4. The Balaban J connectivity index is 2.13. The highest BCUT2D eigenvalue weighted by molar-refractivity contribution is 9.10. The number of carbonyl (C=O) groups is 1. The molecule has 0 aliphatic carbocycles. The van der Waals surface area contributed by atoms with Crippen molar-refractivity contribution < 1.29 is 4.79 Å². The van der Waals surface area contributed by atoms with E-state index in [4.69, 9.17) is 5.26 Å². The zero-order valence-electron chi connectivity index (χ0n) is 11.5. The maximum Gasteiger partial charge on any atom is 0.221 e. The first-order valence-corrected chi connectivity index (χ1v) is 7.18. The fraction of sp³-hybridized carbons (Fsp3) is 0.125. The quantitative estimate of drug-likeness (QED) is 0.884.